The van der Waals surface area contributed by atoms with Crippen LogP contribution < -0.4 is 10.0 Å². The van der Waals surface area contributed by atoms with E-state index >= 15 is 0 Å². The molecule has 20 heavy (non-hydrogen) atoms. The Balaban J connectivity index is 2.01. The second kappa shape index (κ2) is 5.88. The molecule has 7 heteroatoms. The first-order chi connectivity index (χ1) is 9.35. The maximum atomic E-state index is 11.8. The minimum absolute atomic E-state index is 0.135. The van der Waals surface area contributed by atoms with Crippen molar-refractivity contribution in [3.63, 3.8) is 0 Å². The van der Waals surface area contributed by atoms with Gasteiger partial charge in [-0.3, -0.25) is 9.78 Å². The van der Waals surface area contributed by atoms with Gasteiger partial charge in [-0.25, -0.2) is 13.1 Å². The molecule has 1 saturated carbocycles. The van der Waals surface area contributed by atoms with Crippen molar-refractivity contribution < 1.29 is 13.2 Å². The van der Waals surface area contributed by atoms with Crippen LogP contribution in [0.3, 0.4) is 0 Å². The van der Waals surface area contributed by atoms with E-state index in [4.69, 9.17) is 0 Å². The summed E-state index contributed by atoms with van der Waals surface area (Å²) in [5.41, 5.74) is 1.92. The third-order valence-electron chi connectivity index (χ3n) is 3.16. The summed E-state index contributed by atoms with van der Waals surface area (Å²) in [5.74, 6) is 0.0575. The summed E-state index contributed by atoms with van der Waals surface area (Å²) in [7, 11) is -3.36. The number of nitrogens with one attached hydrogen (secondary N) is 2. The Bertz CT molecular complexity index is 597. The number of carbonyl (C=O) groups excluding carboxylic acids is 1. The summed E-state index contributed by atoms with van der Waals surface area (Å²) in [6, 6.07) is 3.72. The van der Waals surface area contributed by atoms with E-state index < -0.39 is 10.0 Å². The van der Waals surface area contributed by atoms with Crippen LogP contribution in [0.15, 0.2) is 18.3 Å². The third-order valence-corrected chi connectivity index (χ3v) is 3.83. The van der Waals surface area contributed by atoms with E-state index in [1.54, 1.807) is 6.20 Å². The van der Waals surface area contributed by atoms with Gasteiger partial charge in [-0.15, -0.1) is 0 Å². The summed E-state index contributed by atoms with van der Waals surface area (Å²) in [5, 5.41) is 2.87. The first-order valence-corrected chi connectivity index (χ1v) is 8.41. The average molecular weight is 297 g/mol. The predicted molar refractivity (Wildman–Crippen MR) is 75.4 cm³/mol. The van der Waals surface area contributed by atoms with Crippen LogP contribution in [0, 0.1) is 12.8 Å². The number of sulfonamides is 1. The molecule has 6 nitrogen and oxygen atoms in total. The number of rotatable bonds is 6. The smallest absolute Gasteiger partial charge is 0.235 e. The molecule has 1 heterocycles. The maximum absolute atomic E-state index is 11.8. The second-order valence-corrected chi connectivity index (χ2v) is 7.07. The normalized spacial score (nSPS) is 16.7. The van der Waals surface area contributed by atoms with Crippen molar-refractivity contribution in [2.75, 3.05) is 12.8 Å². The van der Waals surface area contributed by atoms with Crippen molar-refractivity contribution >= 4 is 15.9 Å². The molecule has 0 saturated heterocycles. The third kappa shape index (κ3) is 4.57. The maximum Gasteiger partial charge on any atom is 0.235 e. The monoisotopic (exact) mass is 297 g/mol. The quantitative estimate of drug-likeness (QED) is 0.800. The van der Waals surface area contributed by atoms with Crippen LogP contribution in [-0.4, -0.2) is 32.1 Å². The lowest BCUT2D eigenvalue weighted by Gasteiger charge is -2.18. The van der Waals surface area contributed by atoms with Gasteiger partial charge in [0.15, 0.2) is 0 Å². The highest BCUT2D eigenvalue weighted by Gasteiger charge is 2.34. The summed E-state index contributed by atoms with van der Waals surface area (Å²) >= 11 is 0. The van der Waals surface area contributed by atoms with Gasteiger partial charge in [0, 0.05) is 6.20 Å². The zero-order chi connectivity index (χ0) is 14.8. The number of pyridine rings is 1. The van der Waals surface area contributed by atoms with Gasteiger partial charge in [-0.05, 0) is 43.4 Å². The molecule has 2 rings (SSSR count). The van der Waals surface area contributed by atoms with Crippen LogP contribution >= 0.6 is 0 Å². The minimum atomic E-state index is -3.36. The second-order valence-electron chi connectivity index (χ2n) is 5.23. The number of hydrogen-bond donors (Lipinski definition) is 2. The number of nitrogens with zero attached hydrogens (tertiary/aromatic N) is 1. The molecule has 0 radical (unpaired) electrons. The van der Waals surface area contributed by atoms with Gasteiger partial charge in [-0.1, -0.05) is 0 Å². The number of aryl methyl sites for hydroxylation is 1. The molecule has 0 aromatic carbocycles. The fourth-order valence-corrected chi connectivity index (χ4v) is 2.41. The fourth-order valence-electron chi connectivity index (χ4n) is 2.01. The van der Waals surface area contributed by atoms with Crippen molar-refractivity contribution in [1.82, 2.24) is 15.0 Å². The Morgan fingerprint density at radius 3 is 2.75 bits per heavy atom. The van der Waals surface area contributed by atoms with E-state index in [0.29, 0.717) is 5.92 Å². The van der Waals surface area contributed by atoms with Crippen molar-refractivity contribution in [1.29, 1.82) is 0 Å². The van der Waals surface area contributed by atoms with Crippen LogP contribution in [0.2, 0.25) is 0 Å². The average Bonchev–Trinajstić information content (AvgIpc) is 3.17. The first kappa shape index (κ1) is 14.9. The van der Waals surface area contributed by atoms with Crippen LogP contribution in [-0.2, 0) is 14.8 Å². The van der Waals surface area contributed by atoms with Gasteiger partial charge in [0.05, 0.1) is 24.5 Å². The number of hydrogen-bond acceptors (Lipinski definition) is 4. The molecule has 110 valence electrons. The van der Waals surface area contributed by atoms with Gasteiger partial charge in [0.1, 0.15) is 0 Å². The van der Waals surface area contributed by atoms with E-state index in [1.807, 2.05) is 19.1 Å². The molecule has 2 N–H and O–H groups in total. The van der Waals surface area contributed by atoms with Crippen molar-refractivity contribution in [2.45, 2.75) is 25.8 Å². The molecule has 0 aliphatic heterocycles. The van der Waals surface area contributed by atoms with Crippen LogP contribution in [0.5, 0.6) is 0 Å². The Morgan fingerprint density at radius 2 is 2.20 bits per heavy atom. The van der Waals surface area contributed by atoms with Gasteiger partial charge in [0.2, 0.25) is 15.9 Å². The molecular formula is C13H19N3O3S. The highest BCUT2D eigenvalue weighted by Crippen LogP contribution is 2.40. The molecule has 0 bridgehead atoms. The van der Waals surface area contributed by atoms with Gasteiger partial charge < -0.3 is 5.32 Å². The van der Waals surface area contributed by atoms with Crippen LogP contribution in [0.25, 0.3) is 0 Å². The predicted octanol–water partition coefficient (Wildman–Crippen LogP) is 0.507. The van der Waals surface area contributed by atoms with Gasteiger partial charge in [-0.2, -0.15) is 0 Å². The van der Waals surface area contributed by atoms with Gasteiger partial charge >= 0.3 is 0 Å². The van der Waals surface area contributed by atoms with E-state index in [9.17, 15) is 13.2 Å². The molecule has 0 unspecified atom stereocenters. The zero-order valence-electron chi connectivity index (χ0n) is 11.6. The largest absolute Gasteiger partial charge is 0.346 e. The lowest BCUT2D eigenvalue weighted by atomic mass is 10.1. The zero-order valence-corrected chi connectivity index (χ0v) is 12.4. The topological polar surface area (TPSA) is 88.2 Å². The Labute approximate surface area is 119 Å². The van der Waals surface area contributed by atoms with Crippen LogP contribution in [0.4, 0.5) is 0 Å². The molecule has 1 fully saturated rings. The number of aromatic nitrogens is 1. The fraction of sp³-hybridized carbons (Fsp3) is 0.538. The van der Waals surface area contributed by atoms with Crippen molar-refractivity contribution in [3.8, 4) is 0 Å². The van der Waals surface area contributed by atoms with Crippen molar-refractivity contribution in [2.24, 2.45) is 5.92 Å². The summed E-state index contributed by atoms with van der Waals surface area (Å²) in [6.07, 6.45) is 4.86. The molecule has 1 aliphatic carbocycles. The summed E-state index contributed by atoms with van der Waals surface area (Å²) < 4.78 is 24.1. The highest BCUT2D eigenvalue weighted by atomic mass is 32.2. The van der Waals surface area contributed by atoms with E-state index in [1.165, 1.54) is 0 Å². The Hall–Kier alpha value is -1.47. The van der Waals surface area contributed by atoms with E-state index in [0.717, 1.165) is 30.4 Å². The standard InChI is InChI=1S/C13H19N3O3S/c1-9-5-6-14-11(7-9)13(10-3-4-10)16-12(17)8-15-20(2,18)19/h5-7,10,13,15H,3-4,8H2,1-2H3,(H,16,17)/t13-/m1/s1. The van der Waals surface area contributed by atoms with Gasteiger partial charge in [0.25, 0.3) is 0 Å². The number of amides is 1. The van der Waals surface area contributed by atoms with E-state index in [2.05, 4.69) is 15.0 Å². The summed E-state index contributed by atoms with van der Waals surface area (Å²) in [6.45, 7) is 1.73. The highest BCUT2D eigenvalue weighted by molar-refractivity contribution is 7.88. The molecule has 1 aromatic heterocycles. The molecular weight excluding hydrogens is 278 g/mol. The molecule has 1 amide bonds. The van der Waals surface area contributed by atoms with Crippen molar-refractivity contribution in [3.05, 3.63) is 29.6 Å². The Kier molecular flexibility index (Phi) is 4.39. The lowest BCUT2D eigenvalue weighted by molar-refractivity contribution is -0.120. The van der Waals surface area contributed by atoms with E-state index in [-0.39, 0.29) is 18.5 Å². The molecule has 1 atom stereocenters. The van der Waals surface area contributed by atoms with Crippen LogP contribution in [0.1, 0.15) is 30.1 Å². The molecule has 1 aromatic rings. The number of carbonyl (C=O) groups is 1. The molecule has 0 spiro atoms. The first-order valence-electron chi connectivity index (χ1n) is 6.52. The Morgan fingerprint density at radius 1 is 1.50 bits per heavy atom. The minimum Gasteiger partial charge on any atom is -0.346 e. The molecule has 1 aliphatic rings. The SMILES string of the molecule is Cc1ccnc([C@H](NC(=O)CNS(C)(=O)=O)C2CC2)c1. The lowest BCUT2D eigenvalue weighted by Crippen LogP contribution is -2.39. The summed E-state index contributed by atoms with van der Waals surface area (Å²) in [4.78, 5) is 16.1.